The second-order valence-electron chi connectivity index (χ2n) is 1.88. The Kier molecular flexibility index (Phi) is 1.13. The zero-order valence-corrected chi connectivity index (χ0v) is 4.49. The van der Waals surface area contributed by atoms with Crippen molar-refractivity contribution in [2.45, 2.75) is 13.0 Å². The minimum atomic E-state index is 0.458. The van der Waals surface area contributed by atoms with Gasteiger partial charge in [-0.15, -0.1) is 0 Å². The molecule has 0 aromatic heterocycles. The average Bonchev–Trinajstić information content (AvgIpc) is 1.91. The molecule has 0 saturated carbocycles. The molecule has 0 bridgehead atoms. The quantitative estimate of drug-likeness (QED) is 0.418. The van der Waals surface area contributed by atoms with Crippen molar-refractivity contribution in [3.8, 4) is 0 Å². The Morgan fingerprint density at radius 1 is 1.86 bits per heavy atom. The highest BCUT2D eigenvalue weighted by molar-refractivity contribution is 5.08. The third-order valence-electron chi connectivity index (χ3n) is 1.25. The molecule has 0 radical (unpaired) electrons. The van der Waals surface area contributed by atoms with E-state index in [2.05, 4.69) is 24.4 Å². The molecule has 0 aromatic rings. The van der Waals surface area contributed by atoms with Crippen LogP contribution in [0.4, 0.5) is 0 Å². The van der Waals surface area contributed by atoms with Crippen molar-refractivity contribution in [3.05, 3.63) is 12.2 Å². The van der Waals surface area contributed by atoms with Crippen LogP contribution in [0, 0.1) is 0 Å². The Morgan fingerprint density at radius 3 is 2.71 bits per heavy atom. The first-order valence-corrected chi connectivity index (χ1v) is 2.47. The van der Waals surface area contributed by atoms with Gasteiger partial charge in [0.15, 0.2) is 0 Å². The summed E-state index contributed by atoms with van der Waals surface area (Å²) in [4.78, 5) is 0. The maximum absolute atomic E-state index is 3.81. The van der Waals surface area contributed by atoms with Gasteiger partial charge in [0.2, 0.25) is 0 Å². The van der Waals surface area contributed by atoms with Crippen molar-refractivity contribution in [3.63, 3.8) is 0 Å². The topological polar surface area (TPSA) is 24.1 Å². The summed E-state index contributed by atoms with van der Waals surface area (Å²) < 4.78 is 0. The summed E-state index contributed by atoms with van der Waals surface area (Å²) in [5, 5.41) is 0. The average molecular weight is 98.1 g/mol. The molecule has 1 fully saturated rings. The fourth-order valence-electron chi connectivity index (χ4n) is 0.573. The molecule has 2 nitrogen and oxygen atoms in total. The van der Waals surface area contributed by atoms with E-state index in [-0.39, 0.29) is 0 Å². The van der Waals surface area contributed by atoms with Crippen LogP contribution in [0.2, 0.25) is 0 Å². The molecule has 1 unspecified atom stereocenters. The Morgan fingerprint density at radius 2 is 2.57 bits per heavy atom. The number of hydrazine groups is 1. The van der Waals surface area contributed by atoms with Gasteiger partial charge in [0.05, 0.1) is 0 Å². The van der Waals surface area contributed by atoms with E-state index in [0.29, 0.717) is 6.04 Å². The molecule has 0 aromatic carbocycles. The van der Waals surface area contributed by atoms with Crippen LogP contribution in [0.1, 0.15) is 6.92 Å². The molecular formula is C5H10N2. The third-order valence-corrected chi connectivity index (χ3v) is 1.25. The van der Waals surface area contributed by atoms with Gasteiger partial charge in [-0.3, -0.25) is 10.9 Å². The van der Waals surface area contributed by atoms with Crippen LogP contribution < -0.4 is 10.9 Å². The number of nitrogens with one attached hydrogen (secondary N) is 2. The first-order valence-electron chi connectivity index (χ1n) is 2.47. The zero-order valence-electron chi connectivity index (χ0n) is 4.49. The molecule has 1 atom stereocenters. The van der Waals surface area contributed by atoms with Crippen LogP contribution in [-0.4, -0.2) is 12.6 Å². The van der Waals surface area contributed by atoms with Crippen molar-refractivity contribution in [1.82, 2.24) is 10.9 Å². The van der Waals surface area contributed by atoms with E-state index in [0.717, 1.165) is 6.54 Å². The molecule has 0 amide bonds. The van der Waals surface area contributed by atoms with Gasteiger partial charge in [0, 0.05) is 12.6 Å². The Hall–Kier alpha value is -0.340. The van der Waals surface area contributed by atoms with Gasteiger partial charge < -0.3 is 0 Å². The standard InChI is InChI=1S/C5H10N2/c1-4-3-6-7-5(4)2/h5-7H,1,3H2,2H3. The normalized spacial score (nSPS) is 31.6. The summed E-state index contributed by atoms with van der Waals surface area (Å²) >= 11 is 0. The zero-order chi connectivity index (χ0) is 5.28. The molecular weight excluding hydrogens is 88.1 g/mol. The van der Waals surface area contributed by atoms with E-state index in [1.54, 1.807) is 0 Å². The van der Waals surface area contributed by atoms with Gasteiger partial charge in [0.1, 0.15) is 0 Å². The highest BCUT2D eigenvalue weighted by Crippen LogP contribution is 1.99. The minimum Gasteiger partial charge on any atom is -0.253 e. The largest absolute Gasteiger partial charge is 0.253 e. The Labute approximate surface area is 43.6 Å². The van der Waals surface area contributed by atoms with Crippen LogP contribution in [0.25, 0.3) is 0 Å². The van der Waals surface area contributed by atoms with Crippen LogP contribution >= 0.6 is 0 Å². The van der Waals surface area contributed by atoms with Crippen molar-refractivity contribution in [2.24, 2.45) is 0 Å². The second-order valence-corrected chi connectivity index (χ2v) is 1.88. The van der Waals surface area contributed by atoms with E-state index in [1.807, 2.05) is 0 Å². The van der Waals surface area contributed by atoms with Gasteiger partial charge >= 0.3 is 0 Å². The maximum Gasteiger partial charge on any atom is 0.0404 e. The van der Waals surface area contributed by atoms with Crippen LogP contribution in [-0.2, 0) is 0 Å². The predicted octanol–water partition coefficient (Wildman–Crippen LogP) is 0.0389. The second kappa shape index (κ2) is 1.64. The SMILES string of the molecule is C=C1CNNC1C. The highest BCUT2D eigenvalue weighted by atomic mass is 15.4. The molecule has 2 heteroatoms. The van der Waals surface area contributed by atoms with E-state index in [1.165, 1.54) is 5.57 Å². The summed E-state index contributed by atoms with van der Waals surface area (Å²) in [6, 6.07) is 0.458. The monoisotopic (exact) mass is 98.1 g/mol. The fourth-order valence-corrected chi connectivity index (χ4v) is 0.573. The summed E-state index contributed by atoms with van der Waals surface area (Å²) in [7, 11) is 0. The van der Waals surface area contributed by atoms with Crippen LogP contribution in [0.3, 0.4) is 0 Å². The van der Waals surface area contributed by atoms with Gasteiger partial charge in [-0.05, 0) is 12.5 Å². The molecule has 0 spiro atoms. The smallest absolute Gasteiger partial charge is 0.0404 e. The van der Waals surface area contributed by atoms with Gasteiger partial charge in [-0.2, -0.15) is 0 Å². The van der Waals surface area contributed by atoms with Crippen LogP contribution in [0.15, 0.2) is 12.2 Å². The lowest BCUT2D eigenvalue weighted by molar-refractivity contribution is 0.609. The lowest BCUT2D eigenvalue weighted by Crippen LogP contribution is -2.27. The van der Waals surface area contributed by atoms with Crippen molar-refractivity contribution < 1.29 is 0 Å². The van der Waals surface area contributed by atoms with Crippen molar-refractivity contribution in [1.29, 1.82) is 0 Å². The molecule has 2 N–H and O–H groups in total. The van der Waals surface area contributed by atoms with E-state index < -0.39 is 0 Å². The van der Waals surface area contributed by atoms with E-state index >= 15 is 0 Å². The van der Waals surface area contributed by atoms with Crippen molar-refractivity contribution in [2.75, 3.05) is 6.54 Å². The predicted molar refractivity (Wildman–Crippen MR) is 29.7 cm³/mol. The fraction of sp³-hybridized carbons (Fsp3) is 0.600. The molecule has 1 saturated heterocycles. The molecule has 7 heavy (non-hydrogen) atoms. The molecule has 1 aliphatic heterocycles. The molecule has 0 aliphatic carbocycles. The summed E-state index contributed by atoms with van der Waals surface area (Å²) in [5.41, 5.74) is 7.23. The molecule has 1 aliphatic rings. The third kappa shape index (κ3) is 0.813. The minimum absolute atomic E-state index is 0.458. The maximum atomic E-state index is 3.81. The molecule has 1 rings (SSSR count). The number of rotatable bonds is 0. The van der Waals surface area contributed by atoms with E-state index in [9.17, 15) is 0 Å². The Bertz CT molecular complexity index is 88.1. The summed E-state index contributed by atoms with van der Waals surface area (Å²) in [5.74, 6) is 0. The number of hydrogen-bond acceptors (Lipinski definition) is 2. The molecule has 1 heterocycles. The lowest BCUT2D eigenvalue weighted by Gasteiger charge is -1.97. The first kappa shape index (κ1) is 4.81. The summed E-state index contributed by atoms with van der Waals surface area (Å²) in [6.45, 7) is 6.81. The highest BCUT2D eigenvalue weighted by Gasteiger charge is 2.10. The van der Waals surface area contributed by atoms with Gasteiger partial charge in [-0.1, -0.05) is 6.58 Å². The van der Waals surface area contributed by atoms with Gasteiger partial charge in [-0.25, -0.2) is 0 Å². The van der Waals surface area contributed by atoms with Crippen molar-refractivity contribution >= 4 is 0 Å². The van der Waals surface area contributed by atoms with Crippen LogP contribution in [0.5, 0.6) is 0 Å². The van der Waals surface area contributed by atoms with E-state index in [4.69, 9.17) is 0 Å². The number of hydrogen-bond donors (Lipinski definition) is 2. The van der Waals surface area contributed by atoms with Gasteiger partial charge in [0.25, 0.3) is 0 Å². The first-order chi connectivity index (χ1) is 3.30. The Balaban J connectivity index is 2.48. The lowest BCUT2D eigenvalue weighted by atomic mass is 10.2. The molecule has 40 valence electrons. The summed E-state index contributed by atoms with van der Waals surface area (Å²) in [6.07, 6.45) is 0.